The molecule has 2 atom stereocenters. The fourth-order valence-electron chi connectivity index (χ4n) is 9.83. The molecule has 13 nitrogen and oxygen atoms in total. The first-order valence-electron chi connectivity index (χ1n) is 20.1. The number of aromatic nitrogens is 2. The highest BCUT2D eigenvalue weighted by atomic mass is 16.5. The van der Waals surface area contributed by atoms with Gasteiger partial charge in [0, 0.05) is 49.9 Å². The van der Waals surface area contributed by atoms with Crippen molar-refractivity contribution in [3.05, 3.63) is 107 Å². The number of nitrogen functional groups attached to an aromatic ring is 1. The van der Waals surface area contributed by atoms with Crippen LogP contribution in [0.25, 0.3) is 0 Å². The molecule has 0 radical (unpaired) electrons. The molecule has 1 aliphatic carbocycles. The van der Waals surface area contributed by atoms with Gasteiger partial charge in [-0.05, 0) is 111 Å². The zero-order chi connectivity index (χ0) is 38.8. The number of ether oxygens (including phenoxy) is 1. The second kappa shape index (κ2) is 13.9. The molecule has 4 amide bonds. The van der Waals surface area contributed by atoms with Crippen LogP contribution in [0.4, 0.5) is 11.5 Å². The largest absolute Gasteiger partial charge is 0.457 e. The lowest BCUT2D eigenvalue weighted by atomic mass is 9.64. The van der Waals surface area contributed by atoms with Gasteiger partial charge in [-0.25, -0.2) is 9.97 Å². The number of benzene rings is 3. The van der Waals surface area contributed by atoms with Gasteiger partial charge in [-0.3, -0.25) is 39.3 Å². The Labute approximate surface area is 330 Å². The molecule has 6 heterocycles. The van der Waals surface area contributed by atoms with E-state index in [1.165, 1.54) is 25.7 Å². The Morgan fingerprint density at radius 1 is 0.825 bits per heavy atom. The van der Waals surface area contributed by atoms with E-state index in [0.29, 0.717) is 34.3 Å². The average molecular weight is 765 g/mol. The van der Waals surface area contributed by atoms with E-state index in [9.17, 15) is 19.2 Å². The van der Waals surface area contributed by atoms with E-state index >= 15 is 0 Å². The molecule has 1 saturated carbocycles. The van der Waals surface area contributed by atoms with Crippen LogP contribution >= 0.6 is 0 Å². The monoisotopic (exact) mass is 764 g/mol. The zero-order valence-corrected chi connectivity index (χ0v) is 31.6. The molecule has 4 fully saturated rings. The van der Waals surface area contributed by atoms with Gasteiger partial charge in [0.1, 0.15) is 29.7 Å². The van der Waals surface area contributed by atoms with Crippen LogP contribution in [0.5, 0.6) is 11.5 Å². The molecular weight excluding hydrogens is 721 g/mol. The van der Waals surface area contributed by atoms with Crippen LogP contribution in [0.3, 0.4) is 0 Å². The molecule has 1 unspecified atom stereocenters. The number of rotatable bonds is 9. The first-order chi connectivity index (χ1) is 27.7. The molecule has 3 aromatic carbocycles. The number of fused-ring (bicyclic) bond motifs is 2. The van der Waals surface area contributed by atoms with Crippen molar-refractivity contribution in [3.63, 3.8) is 0 Å². The smallest absolute Gasteiger partial charge is 0.262 e. The van der Waals surface area contributed by atoms with Crippen molar-refractivity contribution >= 4 is 40.8 Å². The van der Waals surface area contributed by atoms with Gasteiger partial charge in [-0.2, -0.15) is 0 Å². The molecule has 13 heteroatoms. The van der Waals surface area contributed by atoms with E-state index in [2.05, 4.69) is 25.1 Å². The van der Waals surface area contributed by atoms with Crippen molar-refractivity contribution in [3.8, 4) is 11.5 Å². The summed E-state index contributed by atoms with van der Waals surface area (Å²) in [7, 11) is 0. The van der Waals surface area contributed by atoms with Crippen LogP contribution < -0.4 is 20.7 Å². The lowest BCUT2D eigenvalue weighted by Gasteiger charge is -2.59. The molecule has 3 saturated heterocycles. The molecule has 0 bridgehead atoms. The molecule has 6 aliphatic rings. The summed E-state index contributed by atoms with van der Waals surface area (Å²) in [5.41, 5.74) is 12.0. The van der Waals surface area contributed by atoms with Crippen LogP contribution in [0.1, 0.15) is 94.9 Å². The number of nitrogens with one attached hydrogen (secondary N) is 1. The van der Waals surface area contributed by atoms with E-state index in [1.54, 1.807) is 18.5 Å². The van der Waals surface area contributed by atoms with Crippen LogP contribution in [0.15, 0.2) is 84.1 Å². The second-order valence-corrected chi connectivity index (χ2v) is 16.6. The highest BCUT2D eigenvalue weighted by molar-refractivity contribution is 6.24. The molecule has 5 aliphatic heterocycles. The number of piperidine rings is 1. The first kappa shape index (κ1) is 35.5. The third-order valence-corrected chi connectivity index (χ3v) is 13.1. The highest BCUT2D eigenvalue weighted by Crippen LogP contribution is 2.49. The second-order valence-electron chi connectivity index (χ2n) is 16.6. The molecule has 1 spiro atoms. The maximum Gasteiger partial charge on any atom is 0.262 e. The third-order valence-electron chi connectivity index (χ3n) is 13.1. The summed E-state index contributed by atoms with van der Waals surface area (Å²) in [5, 5.41) is 2.25. The molecular formula is C44H44N8O5. The number of amides is 4. The zero-order valence-electron chi connectivity index (χ0n) is 31.6. The summed E-state index contributed by atoms with van der Waals surface area (Å²) < 4.78 is 6.00. The number of hydrogen-bond acceptors (Lipinski definition) is 11. The van der Waals surface area contributed by atoms with Crippen molar-refractivity contribution in [2.45, 2.75) is 69.5 Å². The number of likely N-dealkylation sites (tertiary alicyclic amines) is 1. The quantitative estimate of drug-likeness (QED) is 0.214. The first-order valence-corrected chi connectivity index (χ1v) is 20.1. The van der Waals surface area contributed by atoms with E-state index in [0.717, 1.165) is 83.6 Å². The molecule has 10 rings (SSSR count). The average Bonchev–Trinajstić information content (AvgIpc) is 3.68. The summed E-state index contributed by atoms with van der Waals surface area (Å²) in [5.74, 6) is 0.758. The molecule has 4 aromatic rings. The number of nitrogens with zero attached hydrogens (tertiary/aromatic N) is 6. The minimum Gasteiger partial charge on any atom is -0.457 e. The predicted molar refractivity (Wildman–Crippen MR) is 212 cm³/mol. The van der Waals surface area contributed by atoms with Gasteiger partial charge in [-0.15, -0.1) is 0 Å². The number of hydrogen-bond donors (Lipinski definition) is 2. The van der Waals surface area contributed by atoms with E-state index in [4.69, 9.17) is 15.5 Å². The van der Waals surface area contributed by atoms with Crippen LogP contribution in [0, 0.1) is 11.3 Å². The lowest BCUT2D eigenvalue weighted by Crippen LogP contribution is -2.69. The van der Waals surface area contributed by atoms with Crippen molar-refractivity contribution in [2.24, 2.45) is 16.3 Å². The van der Waals surface area contributed by atoms with Crippen molar-refractivity contribution in [2.75, 3.05) is 36.8 Å². The Balaban J connectivity index is 0.707. The Morgan fingerprint density at radius 2 is 1.56 bits per heavy atom. The van der Waals surface area contributed by atoms with Crippen molar-refractivity contribution in [1.82, 2.24) is 25.1 Å². The third kappa shape index (κ3) is 6.34. The van der Waals surface area contributed by atoms with E-state index in [-0.39, 0.29) is 24.8 Å². The van der Waals surface area contributed by atoms with Gasteiger partial charge in [-0.1, -0.05) is 18.2 Å². The van der Waals surface area contributed by atoms with Gasteiger partial charge >= 0.3 is 0 Å². The Bertz CT molecular complexity index is 2310. The van der Waals surface area contributed by atoms with Gasteiger partial charge in [0.15, 0.2) is 0 Å². The fourth-order valence-corrected chi connectivity index (χ4v) is 9.83. The van der Waals surface area contributed by atoms with Gasteiger partial charge in [0.2, 0.25) is 11.8 Å². The number of nitrogens with two attached hydrogens (primary N) is 1. The number of aliphatic imine (C=N–C) groups is 1. The molecule has 290 valence electrons. The molecule has 57 heavy (non-hydrogen) atoms. The van der Waals surface area contributed by atoms with E-state index in [1.807, 2.05) is 60.7 Å². The number of anilines is 2. The summed E-state index contributed by atoms with van der Waals surface area (Å²) in [6, 6.07) is 22.6. The summed E-state index contributed by atoms with van der Waals surface area (Å²) in [6.07, 6.45) is 8.79. The van der Waals surface area contributed by atoms with Crippen molar-refractivity contribution in [1.29, 1.82) is 0 Å². The van der Waals surface area contributed by atoms with Crippen LogP contribution in [0.2, 0.25) is 0 Å². The van der Waals surface area contributed by atoms with Gasteiger partial charge in [0.25, 0.3) is 11.8 Å². The van der Waals surface area contributed by atoms with Crippen LogP contribution in [-0.4, -0.2) is 87.4 Å². The maximum absolute atomic E-state index is 13.3. The van der Waals surface area contributed by atoms with Gasteiger partial charge in [0.05, 0.1) is 34.1 Å². The van der Waals surface area contributed by atoms with E-state index < -0.39 is 23.8 Å². The normalized spacial score (nSPS) is 23.2. The summed E-state index contributed by atoms with van der Waals surface area (Å²) in [6.45, 7) is 4.01. The molecule has 3 N–H and O–H groups in total. The van der Waals surface area contributed by atoms with Gasteiger partial charge < -0.3 is 15.4 Å². The molecule has 1 aromatic heterocycles. The fraction of sp³-hybridized carbons (Fsp3) is 0.386. The highest BCUT2D eigenvalue weighted by Gasteiger charge is 2.50. The standard InChI is InChI=1S/C44H44N8O5/c45-40-37-38(27-7-10-31(11-8-27)57-30-4-2-1-3-5-30)48-34(39(37)46-25-47-40)13-6-26-16-18-44(19-17-26)23-51(24-44)29-21-50(22-29)28-9-12-32-33(20-28)43(56)52(42(32)55)35-14-15-36(53)49-41(35)54/h1-5,7-12,20,25-26,29,34-35H,6,13-19,21-24H2,(H2,45,46,47)(H,49,53,54)/t34?,35-/m1/s1. The Morgan fingerprint density at radius 3 is 2.32 bits per heavy atom. The predicted octanol–water partition coefficient (Wildman–Crippen LogP) is 5.31. The minimum absolute atomic E-state index is 0.0363. The Hall–Kier alpha value is -5.95. The topological polar surface area (TPSA) is 163 Å². The number of para-hydroxylation sites is 1. The summed E-state index contributed by atoms with van der Waals surface area (Å²) >= 11 is 0. The number of carbonyl (C=O) groups is 4. The Kier molecular flexibility index (Phi) is 8.65. The number of carbonyl (C=O) groups excluding carboxylic acids is 4. The van der Waals surface area contributed by atoms with Crippen LogP contribution in [-0.2, 0) is 9.59 Å². The maximum atomic E-state index is 13.3. The minimum atomic E-state index is -0.959. The SMILES string of the molecule is Nc1ncnc2c1C(c1ccc(Oc3ccccc3)cc1)=NC2CCC1CCC2(CC1)CN(C1CN(c3ccc4c(c3)C(=O)N([C@@H]3CCC(=O)NC3=O)C4=O)C1)C2. The lowest BCUT2D eigenvalue weighted by molar-refractivity contribution is -0.136. The van der Waals surface area contributed by atoms with Crippen molar-refractivity contribution < 1.29 is 23.9 Å². The summed E-state index contributed by atoms with van der Waals surface area (Å²) in [4.78, 5) is 70.6. The number of imide groups is 2.